The van der Waals surface area contributed by atoms with Crippen LogP contribution in [0.2, 0.25) is 0 Å². The van der Waals surface area contributed by atoms with Crippen LogP contribution in [0, 0.1) is 0 Å². The van der Waals surface area contributed by atoms with Gasteiger partial charge in [-0.05, 0) is 24.3 Å². The molecule has 0 aliphatic carbocycles. The van der Waals surface area contributed by atoms with Crippen molar-refractivity contribution in [3.05, 3.63) is 54.1 Å². The predicted octanol–water partition coefficient (Wildman–Crippen LogP) is 3.74. The SMILES string of the molecule is COc1cccc(C=CC(=O)N2CCOc3ccccc32)c1OC(F)F. The molecule has 0 bridgehead atoms. The van der Waals surface area contributed by atoms with Gasteiger partial charge < -0.3 is 19.1 Å². The van der Waals surface area contributed by atoms with E-state index < -0.39 is 6.61 Å². The van der Waals surface area contributed by atoms with Gasteiger partial charge in [0.25, 0.3) is 5.91 Å². The van der Waals surface area contributed by atoms with E-state index in [9.17, 15) is 13.6 Å². The largest absolute Gasteiger partial charge is 0.493 e. The van der Waals surface area contributed by atoms with Crippen molar-refractivity contribution >= 4 is 17.7 Å². The van der Waals surface area contributed by atoms with Gasteiger partial charge in [-0.25, -0.2) is 0 Å². The molecule has 0 saturated heterocycles. The van der Waals surface area contributed by atoms with Crippen LogP contribution in [-0.4, -0.2) is 32.8 Å². The van der Waals surface area contributed by atoms with Crippen molar-refractivity contribution in [1.29, 1.82) is 0 Å². The van der Waals surface area contributed by atoms with Crippen LogP contribution < -0.4 is 19.1 Å². The zero-order valence-electron chi connectivity index (χ0n) is 14.0. The topological polar surface area (TPSA) is 48.0 Å². The summed E-state index contributed by atoms with van der Waals surface area (Å²) in [6.07, 6.45) is 2.75. The number of rotatable bonds is 5. The fourth-order valence-electron chi connectivity index (χ4n) is 2.69. The summed E-state index contributed by atoms with van der Waals surface area (Å²) < 4.78 is 40.5. The molecule has 0 N–H and O–H groups in total. The molecule has 0 spiro atoms. The quantitative estimate of drug-likeness (QED) is 0.762. The highest BCUT2D eigenvalue weighted by Crippen LogP contribution is 2.34. The van der Waals surface area contributed by atoms with Gasteiger partial charge in [-0.15, -0.1) is 0 Å². The summed E-state index contributed by atoms with van der Waals surface area (Å²) in [4.78, 5) is 14.2. The number of anilines is 1. The molecule has 26 heavy (non-hydrogen) atoms. The second kappa shape index (κ2) is 7.86. The first-order valence-electron chi connectivity index (χ1n) is 7.93. The summed E-state index contributed by atoms with van der Waals surface area (Å²) in [6, 6.07) is 11.9. The molecule has 0 radical (unpaired) electrons. The van der Waals surface area contributed by atoms with E-state index in [1.54, 1.807) is 29.2 Å². The molecule has 0 atom stereocenters. The van der Waals surface area contributed by atoms with Gasteiger partial charge in [-0.1, -0.05) is 24.3 Å². The molecule has 2 aromatic rings. The summed E-state index contributed by atoms with van der Waals surface area (Å²) in [5, 5.41) is 0. The van der Waals surface area contributed by atoms with Gasteiger partial charge in [0.15, 0.2) is 11.5 Å². The number of para-hydroxylation sites is 3. The average molecular weight is 361 g/mol. The van der Waals surface area contributed by atoms with Crippen LogP contribution in [0.5, 0.6) is 17.2 Å². The van der Waals surface area contributed by atoms with Gasteiger partial charge in [-0.2, -0.15) is 8.78 Å². The summed E-state index contributed by atoms with van der Waals surface area (Å²) in [5.74, 6) is 0.392. The van der Waals surface area contributed by atoms with E-state index in [1.165, 1.54) is 25.3 Å². The van der Waals surface area contributed by atoms with Gasteiger partial charge >= 0.3 is 6.61 Å². The second-order valence-electron chi connectivity index (χ2n) is 5.40. The maximum atomic E-state index is 12.7. The van der Waals surface area contributed by atoms with Gasteiger partial charge in [0.2, 0.25) is 0 Å². The fraction of sp³-hybridized carbons (Fsp3) is 0.211. The molecular weight excluding hydrogens is 344 g/mol. The lowest BCUT2D eigenvalue weighted by Gasteiger charge is -2.28. The average Bonchev–Trinajstić information content (AvgIpc) is 2.66. The van der Waals surface area contributed by atoms with E-state index in [0.29, 0.717) is 30.2 Å². The highest BCUT2D eigenvalue weighted by molar-refractivity contribution is 6.05. The molecule has 5 nitrogen and oxygen atoms in total. The van der Waals surface area contributed by atoms with Crippen LogP contribution in [0.4, 0.5) is 14.5 Å². The van der Waals surface area contributed by atoms with Crippen molar-refractivity contribution in [3.8, 4) is 17.2 Å². The molecule has 0 unspecified atom stereocenters. The second-order valence-corrected chi connectivity index (χ2v) is 5.40. The number of halogens is 2. The Hall–Kier alpha value is -3.09. The van der Waals surface area contributed by atoms with E-state index >= 15 is 0 Å². The maximum absolute atomic E-state index is 12.7. The highest BCUT2D eigenvalue weighted by Gasteiger charge is 2.22. The molecule has 1 aliphatic rings. The minimum Gasteiger partial charge on any atom is -0.493 e. The van der Waals surface area contributed by atoms with Crippen molar-refractivity contribution in [2.45, 2.75) is 6.61 Å². The Balaban J connectivity index is 1.86. The Morgan fingerprint density at radius 2 is 2.04 bits per heavy atom. The Morgan fingerprint density at radius 3 is 2.81 bits per heavy atom. The van der Waals surface area contributed by atoms with Crippen LogP contribution in [0.3, 0.4) is 0 Å². The number of hydrogen-bond acceptors (Lipinski definition) is 4. The predicted molar refractivity (Wildman–Crippen MR) is 93.0 cm³/mol. The first-order chi connectivity index (χ1) is 12.6. The summed E-state index contributed by atoms with van der Waals surface area (Å²) >= 11 is 0. The number of amides is 1. The first kappa shape index (κ1) is 17.7. The van der Waals surface area contributed by atoms with Crippen LogP contribution in [0.15, 0.2) is 48.5 Å². The molecule has 1 amide bonds. The normalized spacial score (nSPS) is 13.5. The van der Waals surface area contributed by atoms with Crippen molar-refractivity contribution in [1.82, 2.24) is 0 Å². The number of carbonyl (C=O) groups excluding carboxylic acids is 1. The number of benzene rings is 2. The van der Waals surface area contributed by atoms with Crippen molar-refractivity contribution in [2.75, 3.05) is 25.2 Å². The number of nitrogens with zero attached hydrogens (tertiary/aromatic N) is 1. The van der Waals surface area contributed by atoms with Crippen LogP contribution in [0.25, 0.3) is 6.08 Å². The molecule has 0 aromatic heterocycles. The smallest absolute Gasteiger partial charge is 0.387 e. The number of fused-ring (bicyclic) bond motifs is 1. The van der Waals surface area contributed by atoms with Crippen LogP contribution in [-0.2, 0) is 4.79 Å². The van der Waals surface area contributed by atoms with Gasteiger partial charge in [0, 0.05) is 11.6 Å². The molecule has 2 aromatic carbocycles. The number of methoxy groups -OCH3 is 1. The van der Waals surface area contributed by atoms with Gasteiger partial charge in [0.05, 0.1) is 19.3 Å². The lowest BCUT2D eigenvalue weighted by Crippen LogP contribution is -2.36. The van der Waals surface area contributed by atoms with Crippen LogP contribution in [0.1, 0.15) is 5.56 Å². The van der Waals surface area contributed by atoms with Crippen LogP contribution >= 0.6 is 0 Å². The Labute approximate surface area is 149 Å². The Bertz CT molecular complexity index is 823. The third kappa shape index (κ3) is 3.77. The third-order valence-corrected chi connectivity index (χ3v) is 3.84. The fourth-order valence-corrected chi connectivity index (χ4v) is 2.69. The summed E-state index contributed by atoms with van der Waals surface area (Å²) in [5.41, 5.74) is 0.989. The maximum Gasteiger partial charge on any atom is 0.387 e. The number of hydrogen-bond donors (Lipinski definition) is 0. The monoisotopic (exact) mass is 361 g/mol. The number of ether oxygens (including phenoxy) is 3. The highest BCUT2D eigenvalue weighted by atomic mass is 19.3. The van der Waals surface area contributed by atoms with E-state index in [2.05, 4.69) is 4.74 Å². The Morgan fingerprint density at radius 1 is 1.23 bits per heavy atom. The molecule has 1 aliphatic heterocycles. The number of alkyl halides is 2. The molecule has 0 fully saturated rings. The summed E-state index contributed by atoms with van der Waals surface area (Å²) in [7, 11) is 1.36. The van der Waals surface area contributed by atoms with E-state index in [0.717, 1.165) is 0 Å². The molecule has 3 rings (SSSR count). The number of carbonyl (C=O) groups is 1. The van der Waals surface area contributed by atoms with Gasteiger partial charge in [-0.3, -0.25) is 4.79 Å². The first-order valence-corrected chi connectivity index (χ1v) is 7.93. The zero-order chi connectivity index (χ0) is 18.5. The molecule has 7 heteroatoms. The van der Waals surface area contributed by atoms with Gasteiger partial charge in [0.1, 0.15) is 12.4 Å². The van der Waals surface area contributed by atoms with E-state index in [1.807, 2.05) is 12.1 Å². The summed E-state index contributed by atoms with van der Waals surface area (Å²) in [6.45, 7) is -2.21. The van der Waals surface area contributed by atoms with Crippen molar-refractivity contribution < 1.29 is 27.8 Å². The molecule has 1 heterocycles. The Kier molecular flexibility index (Phi) is 5.36. The van der Waals surface area contributed by atoms with E-state index in [4.69, 9.17) is 9.47 Å². The third-order valence-electron chi connectivity index (χ3n) is 3.84. The zero-order valence-corrected chi connectivity index (χ0v) is 14.0. The standard InChI is InChI=1S/C19H17F2NO4/c1-24-16-8-4-5-13(18(16)26-19(20)21)9-10-17(23)22-11-12-25-15-7-3-2-6-14(15)22/h2-10,19H,11-12H2,1H3. The van der Waals surface area contributed by atoms with Crippen molar-refractivity contribution in [3.63, 3.8) is 0 Å². The molecule has 0 saturated carbocycles. The van der Waals surface area contributed by atoms with Crippen molar-refractivity contribution in [2.24, 2.45) is 0 Å². The molecule has 136 valence electrons. The lowest BCUT2D eigenvalue weighted by molar-refractivity contribution is -0.114. The van der Waals surface area contributed by atoms with E-state index in [-0.39, 0.29) is 17.4 Å². The lowest BCUT2D eigenvalue weighted by atomic mass is 10.1. The minimum atomic E-state index is -3.00. The molecular formula is C19H17F2NO4. The minimum absolute atomic E-state index is 0.114.